The van der Waals surface area contributed by atoms with E-state index in [0.717, 1.165) is 47.7 Å². The van der Waals surface area contributed by atoms with Crippen LogP contribution < -0.4 is 4.74 Å². The van der Waals surface area contributed by atoms with Gasteiger partial charge >= 0.3 is 0 Å². The zero-order valence-corrected chi connectivity index (χ0v) is 18.4. The molecule has 0 bridgehead atoms. The summed E-state index contributed by atoms with van der Waals surface area (Å²) in [5.41, 5.74) is 4.57. The van der Waals surface area contributed by atoms with Gasteiger partial charge in [-0.25, -0.2) is 9.97 Å². The molecule has 30 heavy (non-hydrogen) atoms. The molecule has 0 fully saturated rings. The number of hydrogen-bond acceptors (Lipinski definition) is 3. The minimum Gasteiger partial charge on any atom is -0.494 e. The molecule has 1 heterocycles. The van der Waals surface area contributed by atoms with Gasteiger partial charge in [0, 0.05) is 23.5 Å². The monoisotopic (exact) mass is 402 g/mol. The molecule has 0 unspecified atom stereocenters. The number of aromatic nitrogens is 2. The van der Waals surface area contributed by atoms with Crippen molar-refractivity contribution in [2.45, 2.75) is 65.2 Å². The first-order chi connectivity index (χ1) is 14.8. The van der Waals surface area contributed by atoms with Crippen LogP contribution in [0.15, 0.2) is 60.9 Å². The van der Waals surface area contributed by atoms with E-state index in [-0.39, 0.29) is 0 Å². The first-order valence-electron chi connectivity index (χ1n) is 11.4. The van der Waals surface area contributed by atoms with Crippen molar-refractivity contribution in [2.24, 2.45) is 0 Å². The van der Waals surface area contributed by atoms with E-state index in [1.807, 2.05) is 24.5 Å². The first-order valence-corrected chi connectivity index (χ1v) is 11.4. The summed E-state index contributed by atoms with van der Waals surface area (Å²) in [6.07, 6.45) is 13.6. The van der Waals surface area contributed by atoms with Crippen LogP contribution in [0.4, 0.5) is 0 Å². The SMILES string of the molecule is CCCCCCOc1ccc(-c2cnc(-c3ccc(CCCCC)cc3)nc2)cc1. The highest BCUT2D eigenvalue weighted by Crippen LogP contribution is 2.23. The smallest absolute Gasteiger partial charge is 0.159 e. The van der Waals surface area contributed by atoms with Crippen molar-refractivity contribution < 1.29 is 4.74 Å². The van der Waals surface area contributed by atoms with E-state index in [1.165, 1.54) is 44.1 Å². The molecule has 0 spiro atoms. The molecule has 0 aliphatic heterocycles. The summed E-state index contributed by atoms with van der Waals surface area (Å²) in [6, 6.07) is 16.9. The normalized spacial score (nSPS) is 10.9. The second-order valence-corrected chi connectivity index (χ2v) is 7.88. The lowest BCUT2D eigenvalue weighted by Gasteiger charge is -2.08. The molecule has 3 aromatic rings. The van der Waals surface area contributed by atoms with Gasteiger partial charge in [-0.1, -0.05) is 82.3 Å². The highest BCUT2D eigenvalue weighted by molar-refractivity contribution is 5.64. The molecule has 158 valence electrons. The van der Waals surface area contributed by atoms with E-state index in [1.54, 1.807) is 0 Å². The maximum Gasteiger partial charge on any atom is 0.159 e. The van der Waals surface area contributed by atoms with Gasteiger partial charge in [0.2, 0.25) is 0 Å². The Balaban J connectivity index is 1.56. The number of unbranched alkanes of at least 4 members (excludes halogenated alkanes) is 5. The summed E-state index contributed by atoms with van der Waals surface area (Å²) in [6.45, 7) is 5.25. The van der Waals surface area contributed by atoms with E-state index in [9.17, 15) is 0 Å². The van der Waals surface area contributed by atoms with Crippen LogP contribution in [0.2, 0.25) is 0 Å². The summed E-state index contributed by atoms with van der Waals surface area (Å²) in [4.78, 5) is 9.18. The van der Waals surface area contributed by atoms with Crippen LogP contribution in [0.25, 0.3) is 22.5 Å². The summed E-state index contributed by atoms with van der Waals surface area (Å²) in [5.74, 6) is 1.69. The van der Waals surface area contributed by atoms with Gasteiger partial charge < -0.3 is 4.74 Å². The van der Waals surface area contributed by atoms with Crippen molar-refractivity contribution in [3.8, 4) is 28.3 Å². The predicted molar refractivity (Wildman–Crippen MR) is 126 cm³/mol. The molecule has 0 aliphatic rings. The van der Waals surface area contributed by atoms with Gasteiger partial charge in [-0.2, -0.15) is 0 Å². The van der Waals surface area contributed by atoms with E-state index < -0.39 is 0 Å². The number of aryl methyl sites for hydroxylation is 1. The number of hydrogen-bond donors (Lipinski definition) is 0. The van der Waals surface area contributed by atoms with Gasteiger partial charge in [0.15, 0.2) is 5.82 Å². The van der Waals surface area contributed by atoms with E-state index in [0.29, 0.717) is 0 Å². The van der Waals surface area contributed by atoms with Gasteiger partial charge in [0.1, 0.15) is 5.75 Å². The van der Waals surface area contributed by atoms with Crippen LogP contribution in [0.5, 0.6) is 5.75 Å². The second kappa shape index (κ2) is 12.1. The van der Waals surface area contributed by atoms with Crippen LogP contribution in [-0.2, 0) is 6.42 Å². The maximum absolute atomic E-state index is 5.83. The fourth-order valence-corrected chi connectivity index (χ4v) is 3.49. The molecular weight excluding hydrogens is 368 g/mol. The van der Waals surface area contributed by atoms with E-state index in [4.69, 9.17) is 4.74 Å². The van der Waals surface area contributed by atoms with Crippen molar-refractivity contribution in [1.29, 1.82) is 0 Å². The average molecular weight is 403 g/mol. The molecule has 0 aliphatic carbocycles. The molecule has 1 aromatic heterocycles. The number of ether oxygens (including phenoxy) is 1. The predicted octanol–water partition coefficient (Wildman–Crippen LogP) is 7.50. The van der Waals surface area contributed by atoms with Gasteiger partial charge in [0.05, 0.1) is 6.61 Å². The Hall–Kier alpha value is -2.68. The Morgan fingerprint density at radius 1 is 0.633 bits per heavy atom. The van der Waals surface area contributed by atoms with Crippen molar-refractivity contribution in [3.63, 3.8) is 0 Å². The van der Waals surface area contributed by atoms with Crippen LogP contribution in [0.3, 0.4) is 0 Å². The molecule has 3 nitrogen and oxygen atoms in total. The molecule has 3 heteroatoms. The molecule has 3 rings (SSSR count). The Morgan fingerprint density at radius 2 is 1.27 bits per heavy atom. The van der Waals surface area contributed by atoms with E-state index >= 15 is 0 Å². The summed E-state index contributed by atoms with van der Waals surface area (Å²) in [7, 11) is 0. The average Bonchev–Trinajstić information content (AvgIpc) is 2.80. The lowest BCUT2D eigenvalue weighted by molar-refractivity contribution is 0.305. The highest BCUT2D eigenvalue weighted by Gasteiger charge is 2.04. The van der Waals surface area contributed by atoms with E-state index in [2.05, 4.69) is 60.2 Å². The molecular formula is C27H34N2O. The third-order valence-electron chi connectivity index (χ3n) is 5.39. The number of nitrogens with zero attached hydrogens (tertiary/aromatic N) is 2. The Morgan fingerprint density at radius 3 is 1.93 bits per heavy atom. The van der Waals surface area contributed by atoms with Gasteiger partial charge in [0.25, 0.3) is 0 Å². The molecule has 0 radical (unpaired) electrons. The summed E-state index contributed by atoms with van der Waals surface area (Å²) in [5, 5.41) is 0. The Kier molecular flexibility index (Phi) is 8.89. The van der Waals surface area contributed by atoms with Gasteiger partial charge in [-0.3, -0.25) is 0 Å². The molecule has 0 N–H and O–H groups in total. The van der Waals surface area contributed by atoms with Gasteiger partial charge in [-0.05, 0) is 42.5 Å². The first kappa shape index (κ1) is 22.0. The second-order valence-electron chi connectivity index (χ2n) is 7.88. The largest absolute Gasteiger partial charge is 0.494 e. The standard InChI is InChI=1S/C27H34N2O/c1-3-5-7-9-19-30-26-17-15-23(16-18-26)25-20-28-27(29-21-25)24-13-11-22(12-14-24)10-8-6-4-2/h11-18,20-21H,3-10,19H2,1-2H3. The van der Waals surface area contributed by atoms with Crippen molar-refractivity contribution >= 4 is 0 Å². The minimum atomic E-state index is 0.769. The third kappa shape index (κ3) is 6.69. The number of rotatable bonds is 12. The lowest BCUT2D eigenvalue weighted by atomic mass is 10.0. The molecule has 0 saturated heterocycles. The number of benzene rings is 2. The summed E-state index contributed by atoms with van der Waals surface area (Å²) < 4.78 is 5.83. The Bertz CT molecular complexity index is 855. The van der Waals surface area contributed by atoms with Crippen LogP contribution in [0.1, 0.15) is 64.4 Å². The maximum atomic E-state index is 5.83. The zero-order chi connectivity index (χ0) is 21.0. The van der Waals surface area contributed by atoms with Crippen molar-refractivity contribution in [3.05, 3.63) is 66.5 Å². The van der Waals surface area contributed by atoms with Crippen LogP contribution in [-0.4, -0.2) is 16.6 Å². The van der Waals surface area contributed by atoms with Crippen molar-refractivity contribution in [2.75, 3.05) is 6.61 Å². The quantitative estimate of drug-likeness (QED) is 0.294. The molecule has 0 atom stereocenters. The van der Waals surface area contributed by atoms with Crippen molar-refractivity contribution in [1.82, 2.24) is 9.97 Å². The molecule has 2 aromatic carbocycles. The third-order valence-corrected chi connectivity index (χ3v) is 5.39. The molecule has 0 amide bonds. The van der Waals surface area contributed by atoms with Gasteiger partial charge in [-0.15, -0.1) is 0 Å². The fraction of sp³-hybridized carbons (Fsp3) is 0.407. The zero-order valence-electron chi connectivity index (χ0n) is 18.4. The highest BCUT2D eigenvalue weighted by atomic mass is 16.5. The molecule has 0 saturated carbocycles. The summed E-state index contributed by atoms with van der Waals surface area (Å²) >= 11 is 0. The fourth-order valence-electron chi connectivity index (χ4n) is 3.49. The van der Waals surface area contributed by atoms with Crippen LogP contribution >= 0.6 is 0 Å². The topological polar surface area (TPSA) is 35.0 Å². The minimum absolute atomic E-state index is 0.769. The van der Waals surface area contributed by atoms with Crippen LogP contribution in [0, 0.1) is 0 Å². The lowest BCUT2D eigenvalue weighted by Crippen LogP contribution is -1.97. The Labute approximate surface area is 181 Å².